The van der Waals surface area contributed by atoms with E-state index < -0.39 is 16.0 Å². The van der Waals surface area contributed by atoms with Gasteiger partial charge in [0.1, 0.15) is 5.56 Å². The van der Waals surface area contributed by atoms with Gasteiger partial charge in [0.15, 0.2) is 0 Å². The molecule has 8 heteroatoms. The Kier molecular flexibility index (Phi) is 4.77. The summed E-state index contributed by atoms with van der Waals surface area (Å²) in [6, 6.07) is 5.29. The molecule has 27 heavy (non-hydrogen) atoms. The van der Waals surface area contributed by atoms with Gasteiger partial charge in [0.25, 0.3) is 0 Å². The zero-order chi connectivity index (χ0) is 19.0. The van der Waals surface area contributed by atoms with E-state index in [1.165, 1.54) is 12.7 Å². The maximum Gasteiger partial charge on any atom is 0.341 e. The predicted octanol–water partition coefficient (Wildman–Crippen LogP) is 1.97. The van der Waals surface area contributed by atoms with Crippen LogP contribution in [0.2, 0.25) is 0 Å². The van der Waals surface area contributed by atoms with E-state index in [1.54, 1.807) is 16.8 Å². The number of fused-ring (bicyclic) bond motifs is 2. The highest BCUT2D eigenvalue weighted by molar-refractivity contribution is 7.89. The van der Waals surface area contributed by atoms with Crippen molar-refractivity contribution in [3.63, 3.8) is 0 Å². The van der Waals surface area contributed by atoms with Crippen molar-refractivity contribution < 1.29 is 17.9 Å². The minimum absolute atomic E-state index is 0.0378. The molecule has 1 aliphatic carbocycles. The van der Waals surface area contributed by atoms with E-state index in [2.05, 4.69) is 9.82 Å². The number of aromatic nitrogens is 2. The normalized spacial score (nSPS) is 16.0. The van der Waals surface area contributed by atoms with Crippen LogP contribution in [0.5, 0.6) is 0 Å². The number of benzene rings is 1. The summed E-state index contributed by atoms with van der Waals surface area (Å²) in [5, 5.41) is 4.46. The summed E-state index contributed by atoms with van der Waals surface area (Å²) < 4.78 is 34.8. The number of methoxy groups -OCH3 is 1. The first-order chi connectivity index (χ1) is 13.0. The summed E-state index contributed by atoms with van der Waals surface area (Å²) in [6.45, 7) is 0.695. The van der Waals surface area contributed by atoms with Gasteiger partial charge in [-0.05, 0) is 61.8 Å². The molecule has 0 bridgehead atoms. The lowest BCUT2D eigenvalue weighted by molar-refractivity contribution is 0.0597. The molecular weight excluding hydrogens is 366 g/mol. The number of hydrogen-bond acceptors (Lipinski definition) is 5. The van der Waals surface area contributed by atoms with E-state index in [4.69, 9.17) is 4.74 Å². The average Bonchev–Trinajstić information content (AvgIpc) is 3.29. The minimum Gasteiger partial charge on any atom is -0.465 e. The molecule has 144 valence electrons. The fourth-order valence-electron chi connectivity index (χ4n) is 3.97. The summed E-state index contributed by atoms with van der Waals surface area (Å²) >= 11 is 0. The fraction of sp³-hybridized carbons (Fsp3) is 0.474. The second kappa shape index (κ2) is 7.09. The van der Waals surface area contributed by atoms with Crippen LogP contribution in [-0.2, 0) is 47.1 Å². The standard InChI is InChI=1S/C19H23N3O4S/c1-26-19(23)18-16(21-22-10-3-2-7-17(18)22)12-20-27(24,25)15-9-8-13-5-4-6-14(13)11-15/h8-9,11,20H,2-7,10,12H2,1H3. The Morgan fingerprint density at radius 2 is 2.00 bits per heavy atom. The molecule has 1 aromatic heterocycles. The smallest absolute Gasteiger partial charge is 0.341 e. The molecule has 2 aromatic rings. The van der Waals surface area contributed by atoms with E-state index in [-0.39, 0.29) is 11.4 Å². The number of rotatable bonds is 5. The summed E-state index contributed by atoms with van der Waals surface area (Å²) in [6.07, 6.45) is 5.71. The molecule has 0 radical (unpaired) electrons. The highest BCUT2D eigenvalue weighted by atomic mass is 32.2. The van der Waals surface area contributed by atoms with Crippen LogP contribution in [0, 0.1) is 0 Å². The number of carbonyl (C=O) groups excluding carboxylic acids is 1. The van der Waals surface area contributed by atoms with Crippen molar-refractivity contribution in [3.8, 4) is 0 Å². The van der Waals surface area contributed by atoms with Crippen LogP contribution in [0.1, 0.15) is 52.1 Å². The van der Waals surface area contributed by atoms with Crippen molar-refractivity contribution in [1.82, 2.24) is 14.5 Å². The van der Waals surface area contributed by atoms with Gasteiger partial charge in [-0.2, -0.15) is 5.10 Å². The summed E-state index contributed by atoms with van der Waals surface area (Å²) in [7, 11) is -2.35. The third-order valence-electron chi connectivity index (χ3n) is 5.36. The molecule has 4 rings (SSSR count). The first kappa shape index (κ1) is 18.2. The number of carbonyl (C=O) groups is 1. The summed E-state index contributed by atoms with van der Waals surface area (Å²) in [4.78, 5) is 12.5. The second-order valence-corrected chi connectivity index (χ2v) is 8.82. The first-order valence-corrected chi connectivity index (χ1v) is 10.8. The molecule has 0 saturated heterocycles. The maximum absolute atomic E-state index is 12.7. The van der Waals surface area contributed by atoms with Crippen LogP contribution >= 0.6 is 0 Å². The molecule has 0 fully saturated rings. The number of ether oxygens (including phenoxy) is 1. The monoisotopic (exact) mass is 389 g/mol. The number of nitrogens with one attached hydrogen (secondary N) is 1. The zero-order valence-electron chi connectivity index (χ0n) is 15.3. The Morgan fingerprint density at radius 3 is 2.81 bits per heavy atom. The van der Waals surface area contributed by atoms with Crippen molar-refractivity contribution in [2.75, 3.05) is 7.11 Å². The minimum atomic E-state index is -3.68. The van der Waals surface area contributed by atoms with Crippen molar-refractivity contribution in [1.29, 1.82) is 0 Å². The van der Waals surface area contributed by atoms with Crippen molar-refractivity contribution in [2.45, 2.75) is 56.5 Å². The van der Waals surface area contributed by atoms with Gasteiger partial charge in [-0.15, -0.1) is 0 Å². The van der Waals surface area contributed by atoms with Gasteiger partial charge in [-0.25, -0.2) is 17.9 Å². The molecule has 1 aromatic carbocycles. The third kappa shape index (κ3) is 3.39. The molecule has 1 N–H and O–H groups in total. The third-order valence-corrected chi connectivity index (χ3v) is 6.76. The van der Waals surface area contributed by atoms with Crippen LogP contribution in [0.15, 0.2) is 23.1 Å². The lowest BCUT2D eigenvalue weighted by Crippen LogP contribution is -2.24. The number of sulfonamides is 1. The Balaban J connectivity index is 1.59. The van der Waals surface area contributed by atoms with E-state index in [9.17, 15) is 13.2 Å². The molecule has 2 aliphatic rings. The molecule has 0 amide bonds. The lowest BCUT2D eigenvalue weighted by Gasteiger charge is -2.13. The second-order valence-electron chi connectivity index (χ2n) is 7.05. The van der Waals surface area contributed by atoms with Gasteiger partial charge >= 0.3 is 5.97 Å². The van der Waals surface area contributed by atoms with E-state index in [0.717, 1.165) is 56.3 Å². The van der Waals surface area contributed by atoms with E-state index in [1.807, 2.05) is 6.07 Å². The number of esters is 1. The van der Waals surface area contributed by atoms with Crippen molar-refractivity contribution in [3.05, 3.63) is 46.3 Å². The predicted molar refractivity (Wildman–Crippen MR) is 99.0 cm³/mol. The highest BCUT2D eigenvalue weighted by Crippen LogP contribution is 2.26. The van der Waals surface area contributed by atoms with Gasteiger partial charge in [0.2, 0.25) is 10.0 Å². The maximum atomic E-state index is 12.7. The van der Waals surface area contributed by atoms with Gasteiger partial charge in [-0.3, -0.25) is 4.68 Å². The molecule has 0 atom stereocenters. The van der Waals surface area contributed by atoms with Crippen LogP contribution in [0.25, 0.3) is 0 Å². The topological polar surface area (TPSA) is 90.3 Å². The van der Waals surface area contributed by atoms with Gasteiger partial charge in [-0.1, -0.05) is 6.07 Å². The Labute approximate surface area is 158 Å². The molecule has 7 nitrogen and oxygen atoms in total. The Bertz CT molecular complexity index is 995. The van der Waals surface area contributed by atoms with Crippen LogP contribution in [-0.4, -0.2) is 31.3 Å². The van der Waals surface area contributed by atoms with Crippen LogP contribution < -0.4 is 4.72 Å². The first-order valence-electron chi connectivity index (χ1n) is 9.28. The van der Waals surface area contributed by atoms with Gasteiger partial charge in [0.05, 0.1) is 29.9 Å². The van der Waals surface area contributed by atoms with Crippen molar-refractivity contribution in [2.24, 2.45) is 0 Å². The SMILES string of the molecule is COC(=O)c1c(CNS(=O)(=O)c2ccc3c(c2)CCC3)nn2c1CCCC2. The molecular formula is C19H23N3O4S. The molecule has 0 unspecified atom stereocenters. The average molecular weight is 389 g/mol. The quantitative estimate of drug-likeness (QED) is 0.790. The summed E-state index contributed by atoms with van der Waals surface area (Å²) in [5.41, 5.74) is 3.98. The molecule has 2 heterocycles. The van der Waals surface area contributed by atoms with E-state index in [0.29, 0.717) is 11.3 Å². The lowest BCUT2D eigenvalue weighted by atomic mass is 10.0. The summed E-state index contributed by atoms with van der Waals surface area (Å²) in [5.74, 6) is -0.468. The fourth-order valence-corrected chi connectivity index (χ4v) is 5.01. The highest BCUT2D eigenvalue weighted by Gasteiger charge is 2.27. The van der Waals surface area contributed by atoms with Gasteiger partial charge in [0, 0.05) is 6.54 Å². The number of nitrogens with zero attached hydrogens (tertiary/aromatic N) is 2. The van der Waals surface area contributed by atoms with Gasteiger partial charge < -0.3 is 4.74 Å². The van der Waals surface area contributed by atoms with Crippen LogP contribution in [0.4, 0.5) is 0 Å². The van der Waals surface area contributed by atoms with E-state index >= 15 is 0 Å². The van der Waals surface area contributed by atoms with Crippen molar-refractivity contribution >= 4 is 16.0 Å². The Morgan fingerprint density at radius 1 is 1.19 bits per heavy atom. The number of aryl methyl sites for hydroxylation is 3. The Hall–Kier alpha value is -2.19. The molecule has 1 aliphatic heterocycles. The molecule has 0 spiro atoms. The zero-order valence-corrected chi connectivity index (χ0v) is 16.1. The molecule has 0 saturated carbocycles. The largest absolute Gasteiger partial charge is 0.465 e. The van der Waals surface area contributed by atoms with Crippen LogP contribution in [0.3, 0.4) is 0 Å². The number of hydrogen-bond donors (Lipinski definition) is 1.